The number of nitrogens with zero attached hydrogens (tertiary/aromatic N) is 2. The van der Waals surface area contributed by atoms with Gasteiger partial charge >= 0.3 is 5.97 Å². The average Bonchev–Trinajstić information content (AvgIpc) is 2.45. The molecule has 5 heteroatoms. The summed E-state index contributed by atoms with van der Waals surface area (Å²) in [7, 11) is 0. The molecule has 0 aromatic heterocycles. The van der Waals surface area contributed by atoms with Crippen molar-refractivity contribution in [3.63, 3.8) is 0 Å². The zero-order chi connectivity index (χ0) is 15.0. The topological polar surface area (TPSA) is 60.9 Å². The molecule has 0 aliphatic heterocycles. The molecule has 0 fully saturated rings. The molecule has 1 amide bonds. The standard InChI is InChI=1S/C15H26N2O3/c1-3-16(11-10-15(19)20)12-14(18)17(4-2)13-8-6-5-7-9-13/h8H,3-7,9-12H2,1-2H3,(H,19,20). The second-order valence-corrected chi connectivity index (χ2v) is 5.09. The minimum atomic E-state index is -0.821. The molecule has 0 aromatic rings. The summed E-state index contributed by atoms with van der Waals surface area (Å²) in [6.07, 6.45) is 6.62. The van der Waals surface area contributed by atoms with Gasteiger partial charge in [0.05, 0.1) is 13.0 Å². The van der Waals surface area contributed by atoms with Crippen molar-refractivity contribution in [2.45, 2.75) is 46.0 Å². The van der Waals surface area contributed by atoms with Crippen molar-refractivity contribution in [1.82, 2.24) is 9.80 Å². The molecule has 0 saturated heterocycles. The first-order valence-electron chi connectivity index (χ1n) is 7.52. The number of rotatable bonds is 8. The highest BCUT2D eigenvalue weighted by Gasteiger charge is 2.20. The molecule has 0 aromatic carbocycles. The lowest BCUT2D eigenvalue weighted by molar-refractivity contribution is -0.138. The van der Waals surface area contributed by atoms with Crippen molar-refractivity contribution in [3.05, 3.63) is 11.8 Å². The summed E-state index contributed by atoms with van der Waals surface area (Å²) in [6.45, 7) is 6.03. The van der Waals surface area contributed by atoms with Crippen LogP contribution in [0.2, 0.25) is 0 Å². The van der Waals surface area contributed by atoms with Crippen molar-refractivity contribution in [3.8, 4) is 0 Å². The van der Waals surface area contributed by atoms with E-state index in [2.05, 4.69) is 6.08 Å². The molecule has 5 nitrogen and oxygen atoms in total. The van der Waals surface area contributed by atoms with Crippen molar-refractivity contribution in [2.24, 2.45) is 0 Å². The lowest BCUT2D eigenvalue weighted by atomic mass is 10.0. The molecule has 0 saturated carbocycles. The smallest absolute Gasteiger partial charge is 0.304 e. The van der Waals surface area contributed by atoms with Gasteiger partial charge in [-0.1, -0.05) is 13.0 Å². The van der Waals surface area contributed by atoms with Crippen LogP contribution in [0.3, 0.4) is 0 Å². The Labute approximate surface area is 121 Å². The van der Waals surface area contributed by atoms with Crippen molar-refractivity contribution >= 4 is 11.9 Å². The van der Waals surface area contributed by atoms with E-state index in [1.54, 1.807) is 0 Å². The molecular weight excluding hydrogens is 256 g/mol. The number of aliphatic carboxylic acids is 1. The third-order valence-corrected chi connectivity index (χ3v) is 3.68. The second kappa shape index (κ2) is 8.74. The quantitative estimate of drug-likeness (QED) is 0.740. The normalized spacial score (nSPS) is 15.1. The monoisotopic (exact) mass is 282 g/mol. The Balaban J connectivity index is 2.56. The second-order valence-electron chi connectivity index (χ2n) is 5.09. The fraction of sp³-hybridized carbons (Fsp3) is 0.733. The van der Waals surface area contributed by atoms with Gasteiger partial charge in [-0.2, -0.15) is 0 Å². The summed E-state index contributed by atoms with van der Waals surface area (Å²) < 4.78 is 0. The minimum Gasteiger partial charge on any atom is -0.481 e. The zero-order valence-corrected chi connectivity index (χ0v) is 12.6. The van der Waals surface area contributed by atoms with Gasteiger partial charge in [-0.15, -0.1) is 0 Å². The Hall–Kier alpha value is -1.36. The van der Waals surface area contributed by atoms with Crippen LogP contribution in [0.15, 0.2) is 11.8 Å². The highest BCUT2D eigenvalue weighted by Crippen LogP contribution is 2.21. The van der Waals surface area contributed by atoms with Crippen molar-refractivity contribution < 1.29 is 14.7 Å². The Bertz CT molecular complexity index is 366. The summed E-state index contributed by atoms with van der Waals surface area (Å²) in [5, 5.41) is 8.72. The maximum absolute atomic E-state index is 12.4. The summed E-state index contributed by atoms with van der Waals surface area (Å²) in [4.78, 5) is 26.7. The molecule has 1 aliphatic rings. The van der Waals surface area contributed by atoms with E-state index in [1.807, 2.05) is 23.6 Å². The van der Waals surface area contributed by atoms with E-state index in [1.165, 1.54) is 6.42 Å². The van der Waals surface area contributed by atoms with Gasteiger partial charge in [0, 0.05) is 18.8 Å². The van der Waals surface area contributed by atoms with Crippen LogP contribution in [0.5, 0.6) is 0 Å². The van der Waals surface area contributed by atoms with Gasteiger partial charge < -0.3 is 10.0 Å². The number of hydrogen-bond donors (Lipinski definition) is 1. The largest absolute Gasteiger partial charge is 0.481 e. The highest BCUT2D eigenvalue weighted by molar-refractivity contribution is 5.80. The number of hydrogen-bond acceptors (Lipinski definition) is 3. The van der Waals surface area contributed by atoms with Gasteiger partial charge in [0.15, 0.2) is 0 Å². The maximum Gasteiger partial charge on any atom is 0.304 e. The van der Waals surface area contributed by atoms with Crippen LogP contribution in [0.25, 0.3) is 0 Å². The van der Waals surface area contributed by atoms with Crippen LogP contribution in [0.1, 0.15) is 46.0 Å². The molecule has 20 heavy (non-hydrogen) atoms. The number of amides is 1. The number of carboxylic acids is 1. The number of likely N-dealkylation sites (N-methyl/N-ethyl adjacent to an activating group) is 2. The van der Waals surface area contributed by atoms with E-state index in [0.717, 1.165) is 25.0 Å². The fourth-order valence-corrected chi connectivity index (χ4v) is 2.49. The van der Waals surface area contributed by atoms with Crippen LogP contribution >= 0.6 is 0 Å². The predicted octanol–water partition coefficient (Wildman–Crippen LogP) is 2.09. The Kier molecular flexibility index (Phi) is 7.30. The van der Waals surface area contributed by atoms with Gasteiger partial charge in [0.1, 0.15) is 0 Å². The Morgan fingerprint density at radius 1 is 1.25 bits per heavy atom. The van der Waals surface area contributed by atoms with Gasteiger partial charge in [-0.05, 0) is 39.2 Å². The highest BCUT2D eigenvalue weighted by atomic mass is 16.4. The van der Waals surface area contributed by atoms with E-state index in [9.17, 15) is 9.59 Å². The first-order chi connectivity index (χ1) is 9.58. The molecule has 1 rings (SSSR count). The Morgan fingerprint density at radius 2 is 2.00 bits per heavy atom. The van der Waals surface area contributed by atoms with E-state index in [0.29, 0.717) is 26.2 Å². The van der Waals surface area contributed by atoms with Gasteiger partial charge in [-0.3, -0.25) is 14.5 Å². The summed E-state index contributed by atoms with van der Waals surface area (Å²) >= 11 is 0. The summed E-state index contributed by atoms with van der Waals surface area (Å²) in [6, 6.07) is 0. The first kappa shape index (κ1) is 16.7. The van der Waals surface area contributed by atoms with Crippen LogP contribution in [0.4, 0.5) is 0 Å². The number of allylic oxidation sites excluding steroid dienone is 2. The number of carbonyl (C=O) groups is 2. The molecule has 0 radical (unpaired) electrons. The lowest BCUT2D eigenvalue weighted by Gasteiger charge is -2.29. The molecule has 0 unspecified atom stereocenters. The molecule has 0 bridgehead atoms. The van der Waals surface area contributed by atoms with Crippen LogP contribution < -0.4 is 0 Å². The van der Waals surface area contributed by atoms with Gasteiger partial charge in [-0.25, -0.2) is 0 Å². The third kappa shape index (κ3) is 5.33. The van der Waals surface area contributed by atoms with E-state index < -0.39 is 5.97 Å². The molecule has 0 atom stereocenters. The molecule has 0 spiro atoms. The minimum absolute atomic E-state index is 0.0767. The maximum atomic E-state index is 12.4. The van der Waals surface area contributed by atoms with Crippen molar-refractivity contribution in [1.29, 1.82) is 0 Å². The number of carboxylic acid groups (broad SMARTS) is 1. The third-order valence-electron chi connectivity index (χ3n) is 3.68. The van der Waals surface area contributed by atoms with E-state index in [-0.39, 0.29) is 12.3 Å². The van der Waals surface area contributed by atoms with Gasteiger partial charge in [0.2, 0.25) is 5.91 Å². The van der Waals surface area contributed by atoms with Crippen LogP contribution in [0, 0.1) is 0 Å². The summed E-state index contributed by atoms with van der Waals surface area (Å²) in [5.41, 5.74) is 1.14. The average molecular weight is 282 g/mol. The molecule has 114 valence electrons. The first-order valence-corrected chi connectivity index (χ1v) is 7.52. The summed E-state index contributed by atoms with van der Waals surface area (Å²) in [5.74, 6) is -0.744. The molecule has 1 aliphatic carbocycles. The van der Waals surface area contributed by atoms with Crippen molar-refractivity contribution in [2.75, 3.05) is 26.2 Å². The Morgan fingerprint density at radius 3 is 2.50 bits per heavy atom. The molecule has 1 N–H and O–H groups in total. The van der Waals surface area contributed by atoms with E-state index in [4.69, 9.17) is 5.11 Å². The van der Waals surface area contributed by atoms with E-state index >= 15 is 0 Å². The zero-order valence-electron chi connectivity index (χ0n) is 12.6. The molecular formula is C15H26N2O3. The fourth-order valence-electron chi connectivity index (χ4n) is 2.49. The number of carbonyl (C=O) groups excluding carboxylic acids is 1. The molecule has 0 heterocycles. The van der Waals surface area contributed by atoms with Gasteiger partial charge in [0.25, 0.3) is 0 Å². The SMILES string of the molecule is CCN(CCC(=O)O)CC(=O)N(CC)C1=CCCCC1. The predicted molar refractivity (Wildman–Crippen MR) is 78.3 cm³/mol. The van der Waals surface area contributed by atoms with Crippen LogP contribution in [-0.2, 0) is 9.59 Å². The lowest BCUT2D eigenvalue weighted by Crippen LogP contribution is -2.40. The van der Waals surface area contributed by atoms with Crippen LogP contribution in [-0.4, -0.2) is 53.0 Å².